The SMILES string of the molecule is CCNC(=NCc1cc(OC)c(OC)c(OC)c1)NCCN(CC1CC1)C1CC1.I. The van der Waals surface area contributed by atoms with Crippen molar-refractivity contribution in [2.24, 2.45) is 10.9 Å². The minimum absolute atomic E-state index is 0. The standard InChI is InChI=1S/C22H36N4O3.HI/c1-5-23-22(24-10-11-26(18-8-9-18)15-16-6-7-16)25-14-17-12-19(27-2)21(29-4)20(13-17)28-3;/h12-13,16,18H,5-11,14-15H2,1-4H3,(H2,23,24,25);1H. The average molecular weight is 532 g/mol. The van der Waals surface area contributed by atoms with E-state index < -0.39 is 0 Å². The van der Waals surface area contributed by atoms with Crippen molar-refractivity contribution in [2.45, 2.75) is 45.2 Å². The van der Waals surface area contributed by atoms with Crippen molar-refractivity contribution in [3.05, 3.63) is 17.7 Å². The zero-order chi connectivity index (χ0) is 20.6. The molecule has 0 radical (unpaired) electrons. The number of benzene rings is 1. The van der Waals surface area contributed by atoms with Crippen LogP contribution in [-0.4, -0.2) is 64.4 Å². The van der Waals surface area contributed by atoms with Crippen LogP contribution in [-0.2, 0) is 6.54 Å². The van der Waals surface area contributed by atoms with E-state index in [1.54, 1.807) is 21.3 Å². The van der Waals surface area contributed by atoms with Gasteiger partial charge in [-0.1, -0.05) is 0 Å². The molecule has 2 aliphatic rings. The first-order chi connectivity index (χ1) is 14.2. The number of halogens is 1. The van der Waals surface area contributed by atoms with Crippen LogP contribution in [0.2, 0.25) is 0 Å². The summed E-state index contributed by atoms with van der Waals surface area (Å²) in [6, 6.07) is 4.70. The molecular formula is C22H37IN4O3. The molecule has 0 saturated heterocycles. The molecule has 1 aromatic carbocycles. The first-order valence-electron chi connectivity index (χ1n) is 10.7. The van der Waals surface area contributed by atoms with Crippen LogP contribution in [0.1, 0.15) is 38.2 Å². The Labute approximate surface area is 197 Å². The molecule has 2 aliphatic carbocycles. The van der Waals surface area contributed by atoms with Gasteiger partial charge in [-0.15, -0.1) is 24.0 Å². The second-order valence-electron chi connectivity index (χ2n) is 7.83. The lowest BCUT2D eigenvalue weighted by Gasteiger charge is -2.22. The fourth-order valence-electron chi connectivity index (χ4n) is 3.55. The number of hydrogen-bond acceptors (Lipinski definition) is 5. The molecule has 0 aliphatic heterocycles. The van der Waals surface area contributed by atoms with E-state index in [1.807, 2.05) is 12.1 Å². The van der Waals surface area contributed by atoms with Gasteiger partial charge in [0.05, 0.1) is 27.9 Å². The lowest BCUT2D eigenvalue weighted by molar-refractivity contribution is 0.256. The van der Waals surface area contributed by atoms with Gasteiger partial charge in [-0.2, -0.15) is 0 Å². The predicted octanol–water partition coefficient (Wildman–Crippen LogP) is 3.26. The molecule has 0 aromatic heterocycles. The smallest absolute Gasteiger partial charge is 0.203 e. The van der Waals surface area contributed by atoms with Crippen LogP contribution < -0.4 is 24.8 Å². The van der Waals surface area contributed by atoms with E-state index in [9.17, 15) is 0 Å². The Hall–Kier alpha value is -1.42. The van der Waals surface area contributed by atoms with Gasteiger partial charge in [0.15, 0.2) is 17.5 Å². The van der Waals surface area contributed by atoms with Gasteiger partial charge >= 0.3 is 0 Å². The first-order valence-corrected chi connectivity index (χ1v) is 10.7. The number of nitrogens with one attached hydrogen (secondary N) is 2. The van der Waals surface area contributed by atoms with E-state index in [4.69, 9.17) is 19.2 Å². The van der Waals surface area contributed by atoms with Crippen LogP contribution in [0.25, 0.3) is 0 Å². The normalized spacial score (nSPS) is 16.1. The van der Waals surface area contributed by atoms with Crippen molar-refractivity contribution in [1.82, 2.24) is 15.5 Å². The van der Waals surface area contributed by atoms with Crippen molar-refractivity contribution in [3.8, 4) is 17.2 Å². The quantitative estimate of drug-likeness (QED) is 0.245. The third-order valence-electron chi connectivity index (χ3n) is 5.43. The van der Waals surface area contributed by atoms with Crippen LogP contribution in [0.3, 0.4) is 0 Å². The third-order valence-corrected chi connectivity index (χ3v) is 5.43. The van der Waals surface area contributed by atoms with Gasteiger partial charge in [-0.3, -0.25) is 4.90 Å². The number of rotatable bonds is 12. The molecule has 30 heavy (non-hydrogen) atoms. The summed E-state index contributed by atoms with van der Waals surface area (Å²) in [4.78, 5) is 7.40. The molecule has 0 heterocycles. The second kappa shape index (κ2) is 12.4. The largest absolute Gasteiger partial charge is 0.493 e. The zero-order valence-corrected chi connectivity index (χ0v) is 21.0. The molecule has 0 bridgehead atoms. The van der Waals surface area contributed by atoms with Gasteiger partial charge in [0, 0.05) is 32.2 Å². The van der Waals surface area contributed by atoms with Gasteiger partial charge < -0.3 is 24.8 Å². The van der Waals surface area contributed by atoms with Crippen LogP contribution in [0.4, 0.5) is 0 Å². The molecule has 7 nitrogen and oxygen atoms in total. The topological polar surface area (TPSA) is 67.4 Å². The average Bonchev–Trinajstić information content (AvgIpc) is 3.63. The summed E-state index contributed by atoms with van der Waals surface area (Å²) in [5.41, 5.74) is 1.00. The highest BCUT2D eigenvalue weighted by Gasteiger charge is 2.33. The van der Waals surface area contributed by atoms with Gasteiger partial charge in [-0.25, -0.2) is 4.99 Å². The summed E-state index contributed by atoms with van der Waals surface area (Å²) in [6.45, 7) is 6.70. The maximum Gasteiger partial charge on any atom is 0.203 e. The summed E-state index contributed by atoms with van der Waals surface area (Å²) >= 11 is 0. The predicted molar refractivity (Wildman–Crippen MR) is 132 cm³/mol. The molecule has 0 amide bonds. The number of guanidine groups is 1. The van der Waals surface area contributed by atoms with E-state index in [0.717, 1.165) is 43.1 Å². The van der Waals surface area contributed by atoms with Crippen LogP contribution in [0.5, 0.6) is 17.2 Å². The molecule has 1 aromatic rings. The van der Waals surface area contributed by atoms with E-state index >= 15 is 0 Å². The van der Waals surface area contributed by atoms with Crippen molar-refractivity contribution in [2.75, 3.05) is 47.5 Å². The zero-order valence-electron chi connectivity index (χ0n) is 18.7. The number of aliphatic imine (C=N–C) groups is 1. The Kier molecular flexibility index (Phi) is 10.3. The second-order valence-corrected chi connectivity index (χ2v) is 7.83. The monoisotopic (exact) mass is 532 g/mol. The maximum absolute atomic E-state index is 5.44. The molecule has 2 N–H and O–H groups in total. The van der Waals surface area contributed by atoms with Crippen LogP contribution in [0.15, 0.2) is 17.1 Å². The minimum atomic E-state index is 0. The lowest BCUT2D eigenvalue weighted by atomic mass is 10.2. The molecule has 8 heteroatoms. The number of hydrogen-bond donors (Lipinski definition) is 2. The highest BCUT2D eigenvalue weighted by molar-refractivity contribution is 14.0. The first kappa shape index (κ1) is 24.8. The van der Waals surface area contributed by atoms with Crippen LogP contribution in [0, 0.1) is 5.92 Å². The van der Waals surface area contributed by atoms with Gasteiger partial charge in [0.2, 0.25) is 5.75 Å². The summed E-state index contributed by atoms with van der Waals surface area (Å²) in [7, 11) is 4.87. The van der Waals surface area contributed by atoms with E-state index in [-0.39, 0.29) is 24.0 Å². The molecular weight excluding hydrogens is 495 g/mol. The molecule has 2 saturated carbocycles. The van der Waals surface area contributed by atoms with E-state index in [2.05, 4.69) is 22.5 Å². The Morgan fingerprint density at radius 3 is 2.20 bits per heavy atom. The Morgan fingerprint density at radius 2 is 1.70 bits per heavy atom. The van der Waals surface area contributed by atoms with Crippen molar-refractivity contribution >= 4 is 29.9 Å². The van der Waals surface area contributed by atoms with Crippen LogP contribution >= 0.6 is 24.0 Å². The van der Waals surface area contributed by atoms with E-state index in [1.165, 1.54) is 32.2 Å². The third kappa shape index (κ3) is 7.37. The molecule has 0 unspecified atom stereocenters. The minimum Gasteiger partial charge on any atom is -0.493 e. The van der Waals surface area contributed by atoms with Gasteiger partial charge in [0.25, 0.3) is 0 Å². The molecule has 0 atom stereocenters. The number of ether oxygens (including phenoxy) is 3. The molecule has 170 valence electrons. The summed E-state index contributed by atoms with van der Waals surface area (Å²) in [5.74, 6) is 3.68. The van der Waals surface area contributed by atoms with E-state index in [0.29, 0.717) is 23.8 Å². The number of methoxy groups -OCH3 is 3. The highest BCUT2D eigenvalue weighted by Crippen LogP contribution is 2.38. The molecule has 2 fully saturated rings. The molecule has 3 rings (SSSR count). The summed E-state index contributed by atoms with van der Waals surface area (Å²) in [5, 5.41) is 6.82. The van der Waals surface area contributed by atoms with Gasteiger partial charge in [0.1, 0.15) is 0 Å². The Bertz CT molecular complexity index is 668. The molecule has 0 spiro atoms. The summed E-state index contributed by atoms with van der Waals surface area (Å²) < 4.78 is 16.3. The maximum atomic E-state index is 5.44. The van der Waals surface area contributed by atoms with Crippen molar-refractivity contribution in [3.63, 3.8) is 0 Å². The fourth-order valence-corrected chi connectivity index (χ4v) is 3.55. The van der Waals surface area contributed by atoms with Gasteiger partial charge in [-0.05, 0) is 56.2 Å². The fraction of sp³-hybridized carbons (Fsp3) is 0.682. The lowest BCUT2D eigenvalue weighted by Crippen LogP contribution is -2.42. The van der Waals surface area contributed by atoms with Crippen molar-refractivity contribution < 1.29 is 14.2 Å². The highest BCUT2D eigenvalue weighted by atomic mass is 127. The number of nitrogens with zero attached hydrogens (tertiary/aromatic N) is 2. The summed E-state index contributed by atoms with van der Waals surface area (Å²) in [6.07, 6.45) is 5.55. The van der Waals surface area contributed by atoms with Crippen molar-refractivity contribution in [1.29, 1.82) is 0 Å². The Balaban J connectivity index is 0.00000320. The Morgan fingerprint density at radius 1 is 1.03 bits per heavy atom.